The van der Waals surface area contributed by atoms with E-state index in [-0.39, 0.29) is 23.6 Å². The van der Waals surface area contributed by atoms with Crippen molar-refractivity contribution in [2.24, 2.45) is 0 Å². The molecule has 0 saturated carbocycles. The number of carbonyl (C=O) groups excluding carboxylic acids is 1. The largest absolute Gasteiger partial charge is 0.294 e. The molecule has 0 bridgehead atoms. The molecule has 2 rings (SSSR count). The van der Waals surface area contributed by atoms with E-state index < -0.39 is 0 Å². The van der Waals surface area contributed by atoms with Gasteiger partial charge in [-0.25, -0.2) is 4.39 Å². The van der Waals surface area contributed by atoms with Crippen molar-refractivity contribution >= 4 is 29.0 Å². The molecule has 4 heteroatoms. The monoisotopic (exact) mass is 296 g/mol. The van der Waals surface area contributed by atoms with Gasteiger partial charge in [-0.15, -0.1) is 0 Å². The summed E-state index contributed by atoms with van der Waals surface area (Å²) in [6.45, 7) is 1.83. The maximum Gasteiger partial charge on any atom is 0.170 e. The number of halogens is 3. The number of carbonyl (C=O) groups is 1. The zero-order valence-corrected chi connectivity index (χ0v) is 11.7. The molecule has 0 aliphatic heterocycles. The molecule has 0 amide bonds. The second-order valence-electron chi connectivity index (χ2n) is 4.27. The van der Waals surface area contributed by atoms with Gasteiger partial charge in [-0.1, -0.05) is 35.3 Å². The average molecular weight is 297 g/mol. The number of benzene rings is 2. The Morgan fingerprint density at radius 2 is 1.79 bits per heavy atom. The number of hydrogen-bond acceptors (Lipinski definition) is 1. The minimum atomic E-state index is -0.362. The minimum absolute atomic E-state index is 0.0764. The number of rotatable bonds is 3. The molecule has 0 radical (unpaired) electrons. The maximum atomic E-state index is 13.2. The Morgan fingerprint density at radius 3 is 2.42 bits per heavy atom. The van der Waals surface area contributed by atoms with Crippen LogP contribution in [0.4, 0.5) is 4.39 Å². The maximum absolute atomic E-state index is 13.2. The van der Waals surface area contributed by atoms with Crippen LogP contribution < -0.4 is 0 Å². The lowest BCUT2D eigenvalue weighted by Crippen LogP contribution is -2.06. The van der Waals surface area contributed by atoms with E-state index in [9.17, 15) is 9.18 Å². The summed E-state index contributed by atoms with van der Waals surface area (Å²) in [5, 5.41) is 0.623. The Balaban J connectivity index is 2.34. The quantitative estimate of drug-likeness (QED) is 0.739. The third-order valence-electron chi connectivity index (χ3n) is 2.90. The van der Waals surface area contributed by atoms with Gasteiger partial charge in [-0.05, 0) is 42.3 Å². The summed E-state index contributed by atoms with van der Waals surface area (Å²) in [5.74, 6) is -0.581. The van der Waals surface area contributed by atoms with Gasteiger partial charge in [-0.2, -0.15) is 0 Å². The van der Waals surface area contributed by atoms with Crippen LogP contribution in [0.2, 0.25) is 10.0 Å². The molecule has 0 N–H and O–H groups in total. The zero-order valence-electron chi connectivity index (χ0n) is 10.2. The molecular weight excluding hydrogens is 286 g/mol. The van der Waals surface area contributed by atoms with Crippen LogP contribution >= 0.6 is 23.2 Å². The van der Waals surface area contributed by atoms with E-state index in [4.69, 9.17) is 23.2 Å². The Labute approximate surface area is 121 Å². The fourth-order valence-corrected chi connectivity index (χ4v) is 2.46. The SMILES string of the molecule is Cc1ccc(F)cc1CC(=O)c1c(Cl)cccc1Cl. The summed E-state index contributed by atoms with van der Waals surface area (Å²) in [7, 11) is 0. The van der Waals surface area contributed by atoms with E-state index in [2.05, 4.69) is 0 Å². The highest BCUT2D eigenvalue weighted by Crippen LogP contribution is 2.26. The number of Topliss-reactive ketones (excluding diaryl/α,β-unsaturated/α-hetero) is 1. The second kappa shape index (κ2) is 5.72. The molecule has 0 spiro atoms. The Morgan fingerprint density at radius 1 is 1.16 bits per heavy atom. The molecule has 0 saturated heterocycles. The lowest BCUT2D eigenvalue weighted by molar-refractivity contribution is 0.0993. The van der Waals surface area contributed by atoms with Crippen molar-refractivity contribution in [3.05, 3.63) is 69.0 Å². The smallest absolute Gasteiger partial charge is 0.170 e. The molecule has 0 aliphatic rings. The van der Waals surface area contributed by atoms with Crippen LogP contribution in [-0.2, 0) is 6.42 Å². The van der Waals surface area contributed by atoms with E-state index >= 15 is 0 Å². The normalized spacial score (nSPS) is 10.5. The molecule has 0 aliphatic carbocycles. The summed E-state index contributed by atoms with van der Waals surface area (Å²) >= 11 is 12.0. The molecule has 2 aromatic rings. The van der Waals surface area contributed by atoms with E-state index in [1.165, 1.54) is 12.1 Å². The van der Waals surface area contributed by atoms with Gasteiger partial charge >= 0.3 is 0 Å². The van der Waals surface area contributed by atoms with Gasteiger partial charge in [0.15, 0.2) is 5.78 Å². The first-order valence-corrected chi connectivity index (χ1v) is 6.47. The number of ketones is 1. The van der Waals surface area contributed by atoms with Crippen LogP contribution in [0.1, 0.15) is 21.5 Å². The number of hydrogen-bond donors (Lipinski definition) is 0. The van der Waals surface area contributed by atoms with Crippen LogP contribution in [-0.4, -0.2) is 5.78 Å². The zero-order chi connectivity index (χ0) is 14.0. The molecule has 98 valence electrons. The fraction of sp³-hybridized carbons (Fsp3) is 0.133. The molecule has 0 atom stereocenters. The molecule has 0 unspecified atom stereocenters. The fourth-order valence-electron chi connectivity index (χ4n) is 1.86. The first kappa shape index (κ1) is 14.0. The second-order valence-corrected chi connectivity index (χ2v) is 5.08. The Bertz CT molecular complexity index is 618. The van der Waals surface area contributed by atoms with E-state index in [1.807, 2.05) is 6.92 Å². The van der Waals surface area contributed by atoms with Crippen molar-refractivity contribution in [1.29, 1.82) is 0 Å². The molecule has 0 aromatic heterocycles. The third kappa shape index (κ3) is 3.14. The minimum Gasteiger partial charge on any atom is -0.294 e. The van der Waals surface area contributed by atoms with Gasteiger partial charge in [-0.3, -0.25) is 4.79 Å². The van der Waals surface area contributed by atoms with E-state index in [1.54, 1.807) is 24.3 Å². The van der Waals surface area contributed by atoms with Gasteiger partial charge in [0.05, 0.1) is 15.6 Å². The standard InChI is InChI=1S/C15H11Cl2FO/c1-9-5-6-11(18)7-10(9)8-14(19)15-12(16)3-2-4-13(15)17/h2-7H,8H2,1H3. The van der Waals surface area contributed by atoms with Crippen molar-refractivity contribution < 1.29 is 9.18 Å². The Hall–Kier alpha value is -1.38. The predicted molar refractivity (Wildman–Crippen MR) is 75.6 cm³/mol. The highest BCUT2D eigenvalue weighted by molar-refractivity contribution is 6.39. The van der Waals surface area contributed by atoms with Crippen molar-refractivity contribution in [2.75, 3.05) is 0 Å². The van der Waals surface area contributed by atoms with E-state index in [0.717, 1.165) is 5.56 Å². The molecule has 19 heavy (non-hydrogen) atoms. The molecular formula is C15H11Cl2FO. The van der Waals surface area contributed by atoms with Crippen LogP contribution in [0.5, 0.6) is 0 Å². The molecule has 1 nitrogen and oxygen atoms in total. The van der Waals surface area contributed by atoms with E-state index in [0.29, 0.717) is 15.6 Å². The lowest BCUT2D eigenvalue weighted by Gasteiger charge is -2.08. The van der Waals surface area contributed by atoms with Crippen molar-refractivity contribution in [2.45, 2.75) is 13.3 Å². The van der Waals surface area contributed by atoms with Crippen LogP contribution in [0, 0.1) is 12.7 Å². The average Bonchev–Trinajstić information content (AvgIpc) is 2.33. The third-order valence-corrected chi connectivity index (χ3v) is 3.53. The topological polar surface area (TPSA) is 17.1 Å². The van der Waals surface area contributed by atoms with Gasteiger partial charge in [0.1, 0.15) is 5.82 Å². The van der Waals surface area contributed by atoms with Crippen molar-refractivity contribution in [3.63, 3.8) is 0 Å². The highest BCUT2D eigenvalue weighted by Gasteiger charge is 2.16. The molecule has 0 fully saturated rings. The van der Waals surface area contributed by atoms with Gasteiger partial charge < -0.3 is 0 Å². The van der Waals surface area contributed by atoms with Crippen LogP contribution in [0.3, 0.4) is 0 Å². The predicted octanol–water partition coefficient (Wildman–Crippen LogP) is 4.87. The first-order valence-electron chi connectivity index (χ1n) is 5.71. The van der Waals surface area contributed by atoms with Crippen LogP contribution in [0.25, 0.3) is 0 Å². The van der Waals surface area contributed by atoms with Gasteiger partial charge in [0.2, 0.25) is 0 Å². The van der Waals surface area contributed by atoms with Crippen LogP contribution in [0.15, 0.2) is 36.4 Å². The Kier molecular flexibility index (Phi) is 4.23. The highest BCUT2D eigenvalue weighted by atomic mass is 35.5. The van der Waals surface area contributed by atoms with Crippen molar-refractivity contribution in [1.82, 2.24) is 0 Å². The molecule has 2 aromatic carbocycles. The van der Waals surface area contributed by atoms with Gasteiger partial charge in [0, 0.05) is 6.42 Å². The summed E-state index contributed by atoms with van der Waals surface area (Å²) in [4.78, 5) is 12.2. The summed E-state index contributed by atoms with van der Waals surface area (Å²) < 4.78 is 13.2. The first-order chi connectivity index (χ1) is 8.99. The lowest BCUT2D eigenvalue weighted by atomic mass is 9.99. The number of aryl methyl sites for hydroxylation is 1. The molecule has 0 heterocycles. The summed E-state index contributed by atoms with van der Waals surface area (Å²) in [6.07, 6.45) is 0.0764. The van der Waals surface area contributed by atoms with Crippen molar-refractivity contribution in [3.8, 4) is 0 Å². The van der Waals surface area contributed by atoms with Gasteiger partial charge in [0.25, 0.3) is 0 Å². The summed E-state index contributed by atoms with van der Waals surface area (Å²) in [6, 6.07) is 9.27. The summed E-state index contributed by atoms with van der Waals surface area (Å²) in [5.41, 5.74) is 1.79.